The largest absolute Gasteiger partial charge is 0.337 e. The Kier molecular flexibility index (Phi) is 5.24. The number of carbonyl (C=O) groups excluding carboxylic acids is 1. The Labute approximate surface area is 172 Å². The van der Waals surface area contributed by atoms with Gasteiger partial charge >= 0.3 is 6.03 Å². The molecule has 144 valence electrons. The topological polar surface area (TPSA) is 71.3 Å². The van der Waals surface area contributed by atoms with Crippen LogP contribution in [-0.2, 0) is 0 Å². The maximum atomic E-state index is 12.8. The van der Waals surface area contributed by atoms with Gasteiger partial charge in [-0.1, -0.05) is 58.2 Å². The number of amides is 2. The van der Waals surface area contributed by atoms with Crippen molar-refractivity contribution in [2.75, 3.05) is 11.9 Å². The SMILES string of the molecule is Cc1ccc(-c2noc([C@H]3CCCN3C(=O)Nc3ccc(Cl)c(Cl)c3)n2)cc1. The summed E-state index contributed by atoms with van der Waals surface area (Å²) in [6.45, 7) is 2.63. The third-order valence-electron chi connectivity index (χ3n) is 4.72. The number of rotatable bonds is 3. The summed E-state index contributed by atoms with van der Waals surface area (Å²) in [5.74, 6) is 0.962. The van der Waals surface area contributed by atoms with Gasteiger partial charge in [-0.25, -0.2) is 4.79 Å². The van der Waals surface area contributed by atoms with Crippen LogP contribution in [0.3, 0.4) is 0 Å². The van der Waals surface area contributed by atoms with Crippen LogP contribution < -0.4 is 5.32 Å². The van der Waals surface area contributed by atoms with Crippen molar-refractivity contribution >= 4 is 34.9 Å². The van der Waals surface area contributed by atoms with E-state index in [4.69, 9.17) is 27.7 Å². The van der Waals surface area contributed by atoms with Crippen LogP contribution in [0.25, 0.3) is 11.4 Å². The first-order chi connectivity index (χ1) is 13.5. The molecule has 1 N–H and O–H groups in total. The zero-order valence-electron chi connectivity index (χ0n) is 15.2. The van der Waals surface area contributed by atoms with E-state index in [0.717, 1.165) is 24.0 Å². The van der Waals surface area contributed by atoms with Gasteiger partial charge in [-0.3, -0.25) is 0 Å². The van der Waals surface area contributed by atoms with Crippen LogP contribution in [0.2, 0.25) is 10.0 Å². The number of likely N-dealkylation sites (tertiary alicyclic amines) is 1. The molecule has 1 aliphatic heterocycles. The quantitative estimate of drug-likeness (QED) is 0.592. The lowest BCUT2D eigenvalue weighted by Crippen LogP contribution is -2.34. The summed E-state index contributed by atoms with van der Waals surface area (Å²) in [5, 5.41) is 7.76. The molecule has 0 aliphatic carbocycles. The van der Waals surface area contributed by atoms with Crippen LogP contribution in [0.1, 0.15) is 30.3 Å². The zero-order valence-corrected chi connectivity index (χ0v) is 16.7. The molecule has 0 unspecified atom stereocenters. The molecule has 1 fully saturated rings. The molecular formula is C20H18Cl2N4O2. The van der Waals surface area contributed by atoms with Gasteiger partial charge in [0, 0.05) is 17.8 Å². The van der Waals surface area contributed by atoms with Crippen molar-refractivity contribution in [1.29, 1.82) is 0 Å². The highest BCUT2D eigenvalue weighted by molar-refractivity contribution is 6.42. The van der Waals surface area contributed by atoms with Gasteiger partial charge in [0.15, 0.2) is 0 Å². The Morgan fingerprint density at radius 2 is 1.96 bits per heavy atom. The van der Waals surface area contributed by atoms with Crippen LogP contribution in [0.4, 0.5) is 10.5 Å². The fourth-order valence-corrected chi connectivity index (χ4v) is 3.52. The Bertz CT molecular complexity index is 1000. The number of anilines is 1. The molecule has 28 heavy (non-hydrogen) atoms. The van der Waals surface area contributed by atoms with Crippen LogP contribution >= 0.6 is 23.2 Å². The van der Waals surface area contributed by atoms with Crippen LogP contribution in [0.5, 0.6) is 0 Å². The number of nitrogens with zero attached hydrogens (tertiary/aromatic N) is 3. The van der Waals surface area contributed by atoms with E-state index in [2.05, 4.69) is 15.5 Å². The molecule has 2 aromatic carbocycles. The van der Waals surface area contributed by atoms with Crippen LogP contribution in [-0.4, -0.2) is 27.6 Å². The summed E-state index contributed by atoms with van der Waals surface area (Å²) in [4.78, 5) is 19.0. The third-order valence-corrected chi connectivity index (χ3v) is 5.46. The minimum atomic E-state index is -0.255. The summed E-state index contributed by atoms with van der Waals surface area (Å²) < 4.78 is 5.48. The van der Waals surface area contributed by atoms with Crippen molar-refractivity contribution < 1.29 is 9.32 Å². The fourth-order valence-electron chi connectivity index (χ4n) is 3.23. The highest BCUT2D eigenvalue weighted by Gasteiger charge is 2.34. The fraction of sp³-hybridized carbons (Fsp3) is 0.250. The van der Waals surface area contributed by atoms with E-state index in [-0.39, 0.29) is 12.1 Å². The number of hydrogen-bond donors (Lipinski definition) is 1. The molecule has 1 atom stereocenters. The lowest BCUT2D eigenvalue weighted by molar-refractivity contribution is 0.193. The third kappa shape index (κ3) is 3.84. The maximum absolute atomic E-state index is 12.8. The van der Waals surface area contributed by atoms with Gasteiger partial charge in [0.05, 0.1) is 10.0 Å². The second-order valence-corrected chi connectivity index (χ2v) is 7.55. The average Bonchev–Trinajstić information content (AvgIpc) is 3.34. The van der Waals surface area contributed by atoms with E-state index >= 15 is 0 Å². The summed E-state index contributed by atoms with van der Waals surface area (Å²) in [6.07, 6.45) is 1.63. The number of carbonyl (C=O) groups is 1. The first-order valence-corrected chi connectivity index (χ1v) is 9.70. The summed E-state index contributed by atoms with van der Waals surface area (Å²) in [5.41, 5.74) is 2.62. The predicted octanol–water partition coefficient (Wildman–Crippen LogP) is 5.72. The van der Waals surface area contributed by atoms with E-state index in [0.29, 0.717) is 34.0 Å². The van der Waals surface area contributed by atoms with E-state index in [1.54, 1.807) is 23.1 Å². The molecular weight excluding hydrogens is 399 g/mol. The second-order valence-electron chi connectivity index (χ2n) is 6.73. The first kappa shape index (κ1) is 18.8. The second kappa shape index (κ2) is 7.81. The Morgan fingerprint density at radius 3 is 2.71 bits per heavy atom. The van der Waals surface area contributed by atoms with Gasteiger partial charge in [-0.15, -0.1) is 0 Å². The van der Waals surface area contributed by atoms with Crippen LogP contribution in [0, 0.1) is 6.92 Å². The number of aryl methyl sites for hydroxylation is 1. The predicted molar refractivity (Wildman–Crippen MR) is 109 cm³/mol. The maximum Gasteiger partial charge on any atom is 0.322 e. The molecule has 1 saturated heterocycles. The lowest BCUT2D eigenvalue weighted by Gasteiger charge is -2.22. The van der Waals surface area contributed by atoms with Gasteiger partial charge in [0.1, 0.15) is 6.04 Å². The normalized spacial score (nSPS) is 16.4. The average molecular weight is 417 g/mol. The minimum absolute atomic E-state index is 0.240. The molecule has 0 bridgehead atoms. The zero-order chi connectivity index (χ0) is 19.7. The number of halogens is 2. The van der Waals surface area contributed by atoms with Crippen molar-refractivity contribution in [2.24, 2.45) is 0 Å². The summed E-state index contributed by atoms with van der Waals surface area (Å²) in [7, 11) is 0. The minimum Gasteiger partial charge on any atom is -0.337 e. The summed E-state index contributed by atoms with van der Waals surface area (Å²) in [6, 6.07) is 12.4. The highest BCUT2D eigenvalue weighted by atomic mass is 35.5. The molecule has 8 heteroatoms. The highest BCUT2D eigenvalue weighted by Crippen LogP contribution is 2.33. The van der Waals surface area contributed by atoms with Crippen molar-refractivity contribution in [3.63, 3.8) is 0 Å². The van der Waals surface area contributed by atoms with E-state index < -0.39 is 0 Å². The monoisotopic (exact) mass is 416 g/mol. The molecule has 1 aromatic heterocycles. The number of benzene rings is 2. The van der Waals surface area contributed by atoms with Crippen LogP contribution in [0.15, 0.2) is 47.0 Å². The van der Waals surface area contributed by atoms with Gasteiger partial charge in [0.25, 0.3) is 0 Å². The standard InChI is InChI=1S/C20H18Cl2N4O2/c1-12-4-6-13(7-5-12)18-24-19(28-25-18)17-3-2-10-26(17)20(27)23-14-8-9-15(21)16(22)11-14/h4-9,11,17H,2-3,10H2,1H3,(H,23,27)/t17-/m1/s1. The van der Waals surface area contributed by atoms with Gasteiger partial charge in [-0.2, -0.15) is 4.98 Å². The molecule has 1 aliphatic rings. The molecule has 4 rings (SSSR count). The number of nitrogens with one attached hydrogen (secondary N) is 1. The molecule has 0 spiro atoms. The molecule has 0 saturated carbocycles. The van der Waals surface area contributed by atoms with E-state index in [1.807, 2.05) is 31.2 Å². The number of aromatic nitrogens is 2. The van der Waals surface area contributed by atoms with E-state index in [9.17, 15) is 4.79 Å². The molecule has 3 aromatic rings. The van der Waals surface area contributed by atoms with E-state index in [1.165, 1.54) is 0 Å². The van der Waals surface area contributed by atoms with Crippen molar-refractivity contribution in [3.8, 4) is 11.4 Å². The molecule has 2 amide bonds. The number of hydrogen-bond acceptors (Lipinski definition) is 4. The number of urea groups is 1. The summed E-state index contributed by atoms with van der Waals surface area (Å²) >= 11 is 11.9. The molecule has 0 radical (unpaired) electrons. The Hall–Kier alpha value is -2.57. The Morgan fingerprint density at radius 1 is 1.18 bits per heavy atom. The molecule has 2 heterocycles. The van der Waals surface area contributed by atoms with Gasteiger partial charge < -0.3 is 14.7 Å². The van der Waals surface area contributed by atoms with Crippen molar-refractivity contribution in [1.82, 2.24) is 15.0 Å². The smallest absolute Gasteiger partial charge is 0.322 e. The van der Waals surface area contributed by atoms with Crippen molar-refractivity contribution in [3.05, 3.63) is 64.0 Å². The Balaban J connectivity index is 1.51. The lowest BCUT2D eigenvalue weighted by atomic mass is 10.1. The molecule has 6 nitrogen and oxygen atoms in total. The van der Waals surface area contributed by atoms with Crippen molar-refractivity contribution in [2.45, 2.75) is 25.8 Å². The first-order valence-electron chi connectivity index (χ1n) is 8.94. The van der Waals surface area contributed by atoms with Gasteiger partial charge in [-0.05, 0) is 38.0 Å². The van der Waals surface area contributed by atoms with Gasteiger partial charge in [0.2, 0.25) is 11.7 Å².